The minimum Gasteiger partial charge on any atom is -0.297 e. The van der Waals surface area contributed by atoms with E-state index < -0.39 is 29.1 Å². The third-order valence-corrected chi connectivity index (χ3v) is 4.69. The summed E-state index contributed by atoms with van der Waals surface area (Å²) in [6, 6.07) is 8.98. The van der Waals surface area contributed by atoms with Crippen LogP contribution in [0, 0.1) is 24.0 Å². The molecule has 12 heteroatoms. The SMILES string of the molecule is CC(C)(c1cncc(-c2[c-]cc(F)nc2F)n1)c1ncn(-c2[c-]ccc(C(F)(F)F)c2)n1.[Pt+2]. The van der Waals surface area contributed by atoms with Gasteiger partial charge in [-0.1, -0.05) is 17.2 Å². The molecule has 0 bridgehead atoms. The van der Waals surface area contributed by atoms with Gasteiger partial charge < -0.3 is 0 Å². The summed E-state index contributed by atoms with van der Waals surface area (Å²) >= 11 is 0. The van der Waals surface area contributed by atoms with Crippen molar-refractivity contribution in [1.29, 1.82) is 0 Å². The topological polar surface area (TPSA) is 69.4 Å². The Labute approximate surface area is 199 Å². The van der Waals surface area contributed by atoms with E-state index in [1.807, 2.05) is 0 Å². The summed E-state index contributed by atoms with van der Waals surface area (Å²) < 4.78 is 67.3. The van der Waals surface area contributed by atoms with Crippen molar-refractivity contribution in [3.05, 3.63) is 84.1 Å². The molecule has 0 saturated heterocycles. The van der Waals surface area contributed by atoms with E-state index in [4.69, 9.17) is 0 Å². The fourth-order valence-electron chi connectivity index (χ4n) is 2.88. The monoisotopic (exact) mass is 639 g/mol. The molecule has 1 aromatic carbocycles. The average Bonchev–Trinajstić information content (AvgIpc) is 3.25. The van der Waals surface area contributed by atoms with Crippen molar-refractivity contribution in [1.82, 2.24) is 29.7 Å². The van der Waals surface area contributed by atoms with Crippen molar-refractivity contribution in [2.24, 2.45) is 0 Å². The normalized spacial score (nSPS) is 11.8. The van der Waals surface area contributed by atoms with Crippen molar-refractivity contribution < 1.29 is 43.0 Å². The van der Waals surface area contributed by atoms with E-state index in [9.17, 15) is 22.0 Å². The molecule has 3 aromatic heterocycles. The van der Waals surface area contributed by atoms with Crippen LogP contribution < -0.4 is 0 Å². The molecule has 0 aliphatic heterocycles. The zero-order valence-electron chi connectivity index (χ0n) is 16.9. The summed E-state index contributed by atoms with van der Waals surface area (Å²) in [5.41, 5.74) is -1.48. The van der Waals surface area contributed by atoms with Crippen molar-refractivity contribution in [2.75, 3.05) is 0 Å². The maximum Gasteiger partial charge on any atom is 2.00 e. The molecular weight excluding hydrogens is 626 g/mol. The minimum atomic E-state index is -4.51. The second kappa shape index (κ2) is 9.05. The molecule has 0 aliphatic rings. The van der Waals surface area contributed by atoms with E-state index >= 15 is 0 Å². The number of rotatable bonds is 4. The van der Waals surface area contributed by atoms with Gasteiger partial charge in [0.1, 0.15) is 18.2 Å². The molecule has 0 saturated carbocycles. The molecule has 0 atom stereocenters. The fraction of sp³-hybridized carbons (Fsp3) is 0.190. The Morgan fingerprint density at radius 3 is 2.48 bits per heavy atom. The molecule has 0 aliphatic carbocycles. The van der Waals surface area contributed by atoms with Gasteiger partial charge in [0.05, 0.1) is 11.1 Å². The van der Waals surface area contributed by atoms with Crippen LogP contribution in [0.4, 0.5) is 22.0 Å². The molecule has 4 rings (SSSR count). The van der Waals surface area contributed by atoms with E-state index in [0.717, 1.165) is 24.3 Å². The molecule has 0 radical (unpaired) electrons. The van der Waals surface area contributed by atoms with Crippen LogP contribution >= 0.6 is 0 Å². The first-order chi connectivity index (χ1) is 15.1. The maximum absolute atomic E-state index is 14.0. The molecule has 0 fully saturated rings. The molecule has 4 aromatic rings. The summed E-state index contributed by atoms with van der Waals surface area (Å²) in [7, 11) is 0. The van der Waals surface area contributed by atoms with Gasteiger partial charge in [-0.05, 0) is 19.5 Å². The third-order valence-electron chi connectivity index (χ3n) is 4.69. The van der Waals surface area contributed by atoms with Gasteiger partial charge in [0.15, 0.2) is 5.82 Å². The van der Waals surface area contributed by atoms with Gasteiger partial charge in [-0.2, -0.15) is 36.5 Å². The second-order valence-corrected chi connectivity index (χ2v) is 7.28. The van der Waals surface area contributed by atoms with E-state index in [1.165, 1.54) is 23.4 Å². The van der Waals surface area contributed by atoms with Crippen LogP contribution in [0.2, 0.25) is 0 Å². The zero-order chi connectivity index (χ0) is 23.1. The molecular formula is C21H13F5N6Pt. The van der Waals surface area contributed by atoms with Gasteiger partial charge in [0.2, 0.25) is 0 Å². The number of benzene rings is 1. The van der Waals surface area contributed by atoms with E-state index in [1.54, 1.807) is 13.8 Å². The number of alkyl halides is 3. The predicted octanol–water partition coefficient (Wildman–Crippen LogP) is 4.34. The standard InChI is InChI=1S/C21H13F5N6.Pt/c1-20(2,16-10-27-9-15(29-16)14-6-7-17(22)30-18(14)23)19-28-11-32(31-19)13-5-3-4-12(8-13)21(24,25)26;/h3-4,7-11H,1-2H3;/q-2;+2. The summed E-state index contributed by atoms with van der Waals surface area (Å²) in [5, 5.41) is 4.28. The van der Waals surface area contributed by atoms with Crippen LogP contribution in [-0.2, 0) is 32.7 Å². The Hall–Kier alpha value is -3.07. The number of nitrogens with zero attached hydrogens (tertiary/aromatic N) is 6. The van der Waals surface area contributed by atoms with Crippen molar-refractivity contribution in [3.63, 3.8) is 0 Å². The maximum atomic E-state index is 14.0. The Morgan fingerprint density at radius 1 is 1.03 bits per heavy atom. The molecule has 0 N–H and O–H groups in total. The number of halogens is 5. The fourth-order valence-corrected chi connectivity index (χ4v) is 2.88. The van der Waals surface area contributed by atoms with Crippen LogP contribution in [0.5, 0.6) is 0 Å². The average molecular weight is 639 g/mol. The van der Waals surface area contributed by atoms with E-state index in [2.05, 4.69) is 37.2 Å². The van der Waals surface area contributed by atoms with Gasteiger partial charge in [-0.3, -0.25) is 15.0 Å². The first-order valence-corrected chi connectivity index (χ1v) is 9.14. The molecule has 0 unspecified atom stereocenters. The summed E-state index contributed by atoms with van der Waals surface area (Å²) in [6.07, 6.45) is -0.547. The molecule has 0 spiro atoms. The quantitative estimate of drug-likeness (QED) is 0.189. The molecule has 6 nitrogen and oxygen atoms in total. The Kier molecular flexibility index (Phi) is 6.74. The van der Waals surface area contributed by atoms with Crippen molar-refractivity contribution in [3.8, 4) is 16.9 Å². The van der Waals surface area contributed by atoms with Crippen molar-refractivity contribution >= 4 is 0 Å². The molecule has 3 heterocycles. The van der Waals surface area contributed by atoms with Crippen LogP contribution in [0.3, 0.4) is 0 Å². The van der Waals surface area contributed by atoms with Crippen LogP contribution in [0.1, 0.15) is 30.9 Å². The Balaban J connectivity index is 0.00000306. The van der Waals surface area contributed by atoms with Gasteiger partial charge in [0.25, 0.3) is 0 Å². The molecule has 172 valence electrons. The second-order valence-electron chi connectivity index (χ2n) is 7.28. The van der Waals surface area contributed by atoms with Crippen LogP contribution in [-0.4, -0.2) is 29.7 Å². The zero-order valence-corrected chi connectivity index (χ0v) is 19.2. The van der Waals surface area contributed by atoms with E-state index in [-0.39, 0.29) is 43.8 Å². The van der Waals surface area contributed by atoms with Gasteiger partial charge in [-0.15, -0.1) is 12.1 Å². The molecule has 33 heavy (non-hydrogen) atoms. The Bertz CT molecular complexity index is 1290. The summed E-state index contributed by atoms with van der Waals surface area (Å²) in [4.78, 5) is 15.7. The van der Waals surface area contributed by atoms with Crippen LogP contribution in [0.25, 0.3) is 16.9 Å². The third kappa shape index (κ3) is 4.98. The van der Waals surface area contributed by atoms with E-state index in [0.29, 0.717) is 5.69 Å². The number of pyridine rings is 1. The van der Waals surface area contributed by atoms with Crippen molar-refractivity contribution in [2.45, 2.75) is 25.4 Å². The first-order valence-electron chi connectivity index (χ1n) is 9.14. The number of hydrogen-bond acceptors (Lipinski definition) is 5. The molecule has 0 amide bonds. The van der Waals surface area contributed by atoms with Crippen LogP contribution in [0.15, 0.2) is 43.0 Å². The largest absolute Gasteiger partial charge is 2.00 e. The van der Waals surface area contributed by atoms with Gasteiger partial charge in [0, 0.05) is 18.1 Å². The van der Waals surface area contributed by atoms with Gasteiger partial charge >= 0.3 is 27.2 Å². The summed E-state index contributed by atoms with van der Waals surface area (Å²) in [6.45, 7) is 3.44. The predicted molar refractivity (Wildman–Crippen MR) is 101 cm³/mol. The number of hydrogen-bond donors (Lipinski definition) is 0. The summed E-state index contributed by atoms with van der Waals surface area (Å²) in [5.74, 6) is -1.87. The smallest absolute Gasteiger partial charge is 0.297 e. The van der Waals surface area contributed by atoms with Gasteiger partial charge in [-0.25, -0.2) is 18.4 Å². The first kappa shape index (κ1) is 24.6. The Morgan fingerprint density at radius 2 is 1.79 bits per heavy atom. The minimum absolute atomic E-state index is 0. The number of aromatic nitrogens is 6.